The van der Waals surface area contributed by atoms with Crippen LogP contribution in [0.15, 0.2) is 63.5 Å². The van der Waals surface area contributed by atoms with Gasteiger partial charge in [0, 0.05) is 26.9 Å². The van der Waals surface area contributed by atoms with Crippen LogP contribution in [0.3, 0.4) is 0 Å². The Hall–Kier alpha value is -2.99. The molecular weight excluding hydrogens is 719 g/mol. The van der Waals surface area contributed by atoms with Gasteiger partial charge in [-0.05, 0) is 72.8 Å². The van der Waals surface area contributed by atoms with Crippen molar-refractivity contribution in [1.29, 1.82) is 0 Å². The molecule has 2 amide bonds. The first kappa shape index (κ1) is 33.5. The van der Waals surface area contributed by atoms with Crippen LogP contribution in [-0.2, 0) is 38.5 Å². The van der Waals surface area contributed by atoms with Gasteiger partial charge >= 0.3 is 12.1 Å². The quantitative estimate of drug-likeness (QED) is 0.232. The van der Waals surface area contributed by atoms with Gasteiger partial charge in [0.15, 0.2) is 5.75 Å². The number of hydrogen-bond acceptors (Lipinski definition) is 7. The summed E-state index contributed by atoms with van der Waals surface area (Å²) in [6.07, 6.45) is -0.801. The standard InChI is InChI=1S/C29H28Br2Cl2N2O7/c1-34(24(28(39)41-3)14-17-9-19(30)25(36)20(31)10-17)27(38)23(13-18-11-21(32)26(37)22(33)12-18)35(2)29(40)42-15-16-7-5-4-6-8-16/h4-12,23-24,36-37H,13-15H2,1-3H3/t23-,24-/m0/s1. The van der Waals surface area contributed by atoms with E-state index in [0.29, 0.717) is 20.1 Å². The molecule has 42 heavy (non-hydrogen) atoms. The molecule has 0 radical (unpaired) electrons. The Kier molecular flexibility index (Phi) is 11.9. The smallest absolute Gasteiger partial charge is 0.410 e. The molecule has 0 spiro atoms. The molecule has 0 aliphatic rings. The maximum Gasteiger partial charge on any atom is 0.410 e. The number of phenols is 2. The molecule has 224 valence electrons. The van der Waals surface area contributed by atoms with Crippen molar-refractivity contribution in [2.45, 2.75) is 31.5 Å². The van der Waals surface area contributed by atoms with Crippen molar-refractivity contribution in [3.8, 4) is 11.5 Å². The van der Waals surface area contributed by atoms with E-state index >= 15 is 0 Å². The number of methoxy groups -OCH3 is 1. The van der Waals surface area contributed by atoms with E-state index in [1.807, 2.05) is 18.2 Å². The fraction of sp³-hybridized carbons (Fsp3) is 0.276. The van der Waals surface area contributed by atoms with E-state index < -0.39 is 30.1 Å². The fourth-order valence-corrected chi connectivity index (χ4v) is 5.97. The highest BCUT2D eigenvalue weighted by Crippen LogP contribution is 2.35. The molecule has 2 atom stereocenters. The molecular formula is C29H28Br2Cl2N2O7. The van der Waals surface area contributed by atoms with Crippen LogP contribution in [0.4, 0.5) is 4.79 Å². The average Bonchev–Trinajstić information content (AvgIpc) is 2.97. The van der Waals surface area contributed by atoms with Crippen molar-refractivity contribution in [2.75, 3.05) is 21.2 Å². The second-order valence-corrected chi connectivity index (χ2v) is 11.9. The van der Waals surface area contributed by atoms with Gasteiger partial charge in [0.2, 0.25) is 5.91 Å². The summed E-state index contributed by atoms with van der Waals surface area (Å²) in [4.78, 5) is 42.4. The highest BCUT2D eigenvalue weighted by Gasteiger charge is 2.36. The zero-order valence-electron chi connectivity index (χ0n) is 22.8. The Balaban J connectivity index is 1.94. The summed E-state index contributed by atoms with van der Waals surface area (Å²) in [6, 6.07) is 12.9. The summed E-state index contributed by atoms with van der Waals surface area (Å²) in [5.74, 6) is -1.61. The normalized spacial score (nSPS) is 12.3. The number of ether oxygens (including phenoxy) is 2. The van der Waals surface area contributed by atoms with E-state index in [-0.39, 0.29) is 41.0 Å². The van der Waals surface area contributed by atoms with Crippen molar-refractivity contribution in [3.05, 3.63) is 90.3 Å². The van der Waals surface area contributed by atoms with E-state index in [9.17, 15) is 24.6 Å². The Bertz CT molecular complexity index is 1410. The van der Waals surface area contributed by atoms with Gasteiger partial charge in [-0.15, -0.1) is 0 Å². The first-order valence-corrected chi connectivity index (χ1v) is 14.8. The number of aromatic hydroxyl groups is 2. The molecule has 2 N–H and O–H groups in total. The molecule has 0 bridgehead atoms. The monoisotopic (exact) mass is 744 g/mol. The van der Waals surface area contributed by atoms with Gasteiger partial charge in [-0.1, -0.05) is 53.5 Å². The first-order valence-electron chi connectivity index (χ1n) is 12.5. The van der Waals surface area contributed by atoms with E-state index in [0.717, 1.165) is 10.5 Å². The molecule has 13 heteroatoms. The van der Waals surface area contributed by atoms with Gasteiger partial charge in [0.05, 0.1) is 26.1 Å². The van der Waals surface area contributed by atoms with Crippen LogP contribution in [0.5, 0.6) is 11.5 Å². The lowest BCUT2D eigenvalue weighted by molar-refractivity contribution is -0.153. The number of rotatable bonds is 10. The number of carbonyl (C=O) groups excluding carboxylic acids is 3. The predicted molar refractivity (Wildman–Crippen MR) is 166 cm³/mol. The Morgan fingerprint density at radius 2 is 1.33 bits per heavy atom. The molecule has 3 aromatic carbocycles. The van der Waals surface area contributed by atoms with Crippen molar-refractivity contribution in [2.24, 2.45) is 0 Å². The van der Waals surface area contributed by atoms with Crippen LogP contribution < -0.4 is 0 Å². The van der Waals surface area contributed by atoms with E-state index in [4.69, 9.17) is 32.7 Å². The highest BCUT2D eigenvalue weighted by molar-refractivity contribution is 9.11. The zero-order valence-corrected chi connectivity index (χ0v) is 27.5. The third-order valence-electron chi connectivity index (χ3n) is 6.55. The maximum atomic E-state index is 14.0. The van der Waals surface area contributed by atoms with E-state index in [2.05, 4.69) is 31.9 Å². The summed E-state index contributed by atoms with van der Waals surface area (Å²) in [7, 11) is 4.05. The number of amides is 2. The minimum absolute atomic E-state index is 0.0141. The Labute approximate surface area is 270 Å². The zero-order chi connectivity index (χ0) is 31.1. The summed E-state index contributed by atoms with van der Waals surface area (Å²) in [6.45, 7) is -0.0208. The SMILES string of the molecule is COC(=O)[C@H](Cc1cc(Br)c(O)c(Br)c1)N(C)C(=O)[C@H](Cc1cc(Cl)c(O)c(Cl)c1)N(C)C(=O)OCc1ccccc1. The third kappa shape index (κ3) is 8.31. The molecule has 0 saturated carbocycles. The molecule has 0 aromatic heterocycles. The third-order valence-corrected chi connectivity index (χ3v) is 8.33. The van der Waals surface area contributed by atoms with Crippen LogP contribution in [-0.4, -0.2) is 71.3 Å². The number of esters is 1. The summed E-state index contributed by atoms with van der Waals surface area (Å²) in [5.41, 5.74) is 1.83. The van der Waals surface area contributed by atoms with Crippen molar-refractivity contribution >= 4 is 73.0 Å². The van der Waals surface area contributed by atoms with Crippen molar-refractivity contribution in [1.82, 2.24) is 9.80 Å². The van der Waals surface area contributed by atoms with Crippen LogP contribution >= 0.6 is 55.1 Å². The van der Waals surface area contributed by atoms with Crippen LogP contribution in [0.2, 0.25) is 10.0 Å². The van der Waals surface area contributed by atoms with Crippen LogP contribution in [0, 0.1) is 0 Å². The molecule has 0 aliphatic carbocycles. The number of halogens is 4. The number of nitrogens with zero attached hydrogens (tertiary/aromatic N) is 2. The topological polar surface area (TPSA) is 117 Å². The van der Waals surface area contributed by atoms with E-state index in [1.54, 1.807) is 24.3 Å². The molecule has 0 heterocycles. The molecule has 3 rings (SSSR count). The number of carbonyl (C=O) groups is 3. The number of hydrogen-bond donors (Lipinski definition) is 2. The molecule has 0 unspecified atom stereocenters. The Morgan fingerprint density at radius 1 is 0.810 bits per heavy atom. The number of phenolic OH excluding ortho intramolecular Hbond substituents is 2. The lowest BCUT2D eigenvalue weighted by atomic mass is 10.0. The van der Waals surface area contributed by atoms with Gasteiger partial charge in [0.25, 0.3) is 0 Å². The highest BCUT2D eigenvalue weighted by atomic mass is 79.9. The molecule has 3 aromatic rings. The Morgan fingerprint density at radius 3 is 1.88 bits per heavy atom. The van der Waals surface area contributed by atoms with Crippen molar-refractivity contribution in [3.63, 3.8) is 0 Å². The lowest BCUT2D eigenvalue weighted by Crippen LogP contribution is -2.54. The number of likely N-dealkylation sites (N-methyl/N-ethyl adjacent to an activating group) is 2. The van der Waals surface area contributed by atoms with Gasteiger partial charge in [-0.2, -0.15) is 0 Å². The lowest BCUT2D eigenvalue weighted by Gasteiger charge is -2.33. The van der Waals surface area contributed by atoms with Gasteiger partial charge in [-0.3, -0.25) is 9.69 Å². The summed E-state index contributed by atoms with van der Waals surface area (Å²) in [5, 5.41) is 20.0. The van der Waals surface area contributed by atoms with Gasteiger partial charge in [0.1, 0.15) is 24.4 Å². The molecule has 0 aliphatic heterocycles. The van der Waals surface area contributed by atoms with E-state index in [1.165, 1.54) is 38.2 Å². The van der Waals surface area contributed by atoms with Crippen LogP contribution in [0.1, 0.15) is 16.7 Å². The van der Waals surface area contributed by atoms with Gasteiger partial charge in [-0.25, -0.2) is 9.59 Å². The predicted octanol–water partition coefficient (Wildman–Crippen LogP) is 6.35. The average molecular weight is 747 g/mol. The van der Waals surface area contributed by atoms with Crippen LogP contribution in [0.25, 0.3) is 0 Å². The maximum absolute atomic E-state index is 14.0. The molecule has 0 fully saturated rings. The number of benzene rings is 3. The molecule has 0 saturated heterocycles. The minimum atomic E-state index is -1.17. The summed E-state index contributed by atoms with van der Waals surface area (Å²) >= 11 is 18.8. The largest absolute Gasteiger partial charge is 0.506 e. The second kappa shape index (κ2) is 15.0. The second-order valence-electron chi connectivity index (χ2n) is 9.38. The van der Waals surface area contributed by atoms with Gasteiger partial charge < -0.3 is 24.6 Å². The molecule has 9 nitrogen and oxygen atoms in total. The fourth-order valence-electron chi connectivity index (χ4n) is 4.16. The summed E-state index contributed by atoms with van der Waals surface area (Å²) < 4.78 is 11.3. The minimum Gasteiger partial charge on any atom is -0.506 e. The van der Waals surface area contributed by atoms with Crippen molar-refractivity contribution < 1.29 is 34.1 Å². The first-order chi connectivity index (χ1) is 19.8.